The van der Waals surface area contributed by atoms with Gasteiger partial charge in [0.25, 0.3) is 0 Å². The molecule has 0 aliphatic heterocycles. The zero-order chi connectivity index (χ0) is 5.70. The van der Waals surface area contributed by atoms with Crippen LogP contribution in [0.2, 0.25) is 0 Å². The van der Waals surface area contributed by atoms with Crippen LogP contribution in [0.3, 0.4) is 0 Å². The maximum absolute atomic E-state index is 7.91. The minimum Gasteiger partial charge on any atom is -0.327 e. The Hall–Kier alpha value is -1.01. The Morgan fingerprint density at radius 3 is 2.57 bits per heavy atom. The first kappa shape index (κ1) is 5.99. The maximum Gasteiger partial charge on any atom is 0.234 e. The van der Waals surface area contributed by atoms with Crippen LogP contribution >= 0.6 is 0 Å². The molecule has 0 aliphatic rings. The summed E-state index contributed by atoms with van der Waals surface area (Å²) in [6, 6.07) is 1.62. The molecule has 0 aromatic rings. The molecule has 0 saturated carbocycles. The van der Waals surface area contributed by atoms with Crippen LogP contribution in [0.15, 0.2) is 12.3 Å². The van der Waals surface area contributed by atoms with Gasteiger partial charge in [0.15, 0.2) is 0 Å². The van der Waals surface area contributed by atoms with E-state index in [0.29, 0.717) is 0 Å². The molecule has 38 valence electrons. The number of rotatable bonds is 2. The van der Waals surface area contributed by atoms with E-state index in [1.807, 2.05) is 0 Å². The molecule has 0 N–H and O–H groups in total. The largest absolute Gasteiger partial charge is 0.327 e. The molecule has 7 heavy (non-hydrogen) atoms. The average molecular weight is 99.1 g/mol. The summed E-state index contributed by atoms with van der Waals surface area (Å²) in [5.74, 6) is -0.0394. The molecule has 0 atom stereocenters. The smallest absolute Gasteiger partial charge is 0.234 e. The monoisotopic (exact) mass is 99.0 g/mol. The highest BCUT2D eigenvalue weighted by atomic mass is 17.2. The lowest BCUT2D eigenvalue weighted by molar-refractivity contribution is -0.231. The molecule has 0 saturated heterocycles. The Kier molecular flexibility index (Phi) is 2.73. The SMILES string of the molecule is C=C(C#N)OOC. The van der Waals surface area contributed by atoms with Gasteiger partial charge in [0.1, 0.15) is 6.07 Å². The zero-order valence-electron chi connectivity index (χ0n) is 3.97. The van der Waals surface area contributed by atoms with Crippen molar-refractivity contribution in [1.29, 1.82) is 5.26 Å². The van der Waals surface area contributed by atoms with E-state index < -0.39 is 0 Å². The van der Waals surface area contributed by atoms with E-state index in [4.69, 9.17) is 5.26 Å². The second-order valence-electron chi connectivity index (χ2n) is 0.785. The van der Waals surface area contributed by atoms with Gasteiger partial charge in [0, 0.05) is 0 Å². The normalized spacial score (nSPS) is 6.86. The highest BCUT2D eigenvalue weighted by Crippen LogP contribution is 1.86. The van der Waals surface area contributed by atoms with Gasteiger partial charge >= 0.3 is 0 Å². The molecule has 0 aliphatic carbocycles. The van der Waals surface area contributed by atoms with Crippen molar-refractivity contribution in [2.75, 3.05) is 7.11 Å². The quantitative estimate of drug-likeness (QED) is 0.220. The van der Waals surface area contributed by atoms with E-state index in [0.717, 1.165) is 0 Å². The summed E-state index contributed by atoms with van der Waals surface area (Å²) in [5, 5.41) is 7.91. The van der Waals surface area contributed by atoms with Crippen molar-refractivity contribution in [3.05, 3.63) is 12.3 Å². The Bertz CT molecular complexity index is 103. The molecular weight excluding hydrogens is 94.0 g/mol. The summed E-state index contributed by atoms with van der Waals surface area (Å²) in [5.41, 5.74) is 0. The predicted octanol–water partition coefficient (Wildman–Crippen LogP) is 0.602. The third-order valence-corrected chi connectivity index (χ3v) is 0.309. The molecule has 0 heterocycles. The van der Waals surface area contributed by atoms with Crippen LogP contribution in [0.25, 0.3) is 0 Å². The Morgan fingerprint density at radius 1 is 1.86 bits per heavy atom. The van der Waals surface area contributed by atoms with Crippen LogP contribution in [0, 0.1) is 11.3 Å². The van der Waals surface area contributed by atoms with Gasteiger partial charge in [0.2, 0.25) is 5.76 Å². The summed E-state index contributed by atoms with van der Waals surface area (Å²) in [7, 11) is 1.31. The molecule has 0 rings (SSSR count). The molecular formula is C4H5NO2. The van der Waals surface area contributed by atoms with Gasteiger partial charge in [-0.05, 0) is 6.58 Å². The summed E-state index contributed by atoms with van der Waals surface area (Å²) in [4.78, 5) is 8.21. The number of hydrogen-bond acceptors (Lipinski definition) is 3. The van der Waals surface area contributed by atoms with Crippen molar-refractivity contribution < 1.29 is 9.78 Å². The molecule has 0 amide bonds. The lowest BCUT2D eigenvalue weighted by Crippen LogP contribution is -1.83. The van der Waals surface area contributed by atoms with Gasteiger partial charge in [-0.2, -0.15) is 10.1 Å². The molecule has 0 unspecified atom stereocenters. The maximum atomic E-state index is 7.91. The van der Waals surface area contributed by atoms with Crippen molar-refractivity contribution in [2.45, 2.75) is 0 Å². The third kappa shape index (κ3) is 2.80. The molecule has 0 aromatic carbocycles. The molecule has 3 heteroatoms. The average Bonchev–Trinajstić information content (AvgIpc) is 1.68. The fourth-order valence-corrected chi connectivity index (χ4v) is 0.119. The second-order valence-corrected chi connectivity index (χ2v) is 0.785. The van der Waals surface area contributed by atoms with E-state index in [2.05, 4.69) is 16.4 Å². The van der Waals surface area contributed by atoms with E-state index in [9.17, 15) is 0 Å². The minimum atomic E-state index is -0.0394. The molecule has 0 radical (unpaired) electrons. The highest BCUT2D eigenvalue weighted by Gasteiger charge is 1.84. The number of hydrogen-bond donors (Lipinski definition) is 0. The standard InChI is InChI=1S/C4H5NO2/c1-4(3-5)7-6-2/h1H2,2H3. The molecule has 0 aromatic heterocycles. The summed E-state index contributed by atoms with van der Waals surface area (Å²) in [6.45, 7) is 3.15. The number of nitrogens with zero attached hydrogens (tertiary/aromatic N) is 1. The minimum absolute atomic E-state index is 0.0394. The molecule has 0 fully saturated rings. The van der Waals surface area contributed by atoms with Gasteiger partial charge in [-0.15, -0.1) is 0 Å². The van der Waals surface area contributed by atoms with Crippen molar-refractivity contribution >= 4 is 0 Å². The van der Waals surface area contributed by atoms with Crippen LogP contribution in [-0.4, -0.2) is 7.11 Å². The van der Waals surface area contributed by atoms with Crippen LogP contribution in [-0.2, 0) is 9.78 Å². The van der Waals surface area contributed by atoms with E-state index in [1.54, 1.807) is 6.07 Å². The van der Waals surface area contributed by atoms with Crippen LogP contribution in [0.4, 0.5) is 0 Å². The Morgan fingerprint density at radius 2 is 2.43 bits per heavy atom. The van der Waals surface area contributed by atoms with E-state index in [-0.39, 0.29) is 5.76 Å². The van der Waals surface area contributed by atoms with Gasteiger partial charge in [-0.3, -0.25) is 0 Å². The van der Waals surface area contributed by atoms with Crippen molar-refractivity contribution in [3.8, 4) is 6.07 Å². The van der Waals surface area contributed by atoms with E-state index >= 15 is 0 Å². The topological polar surface area (TPSA) is 42.2 Å². The lowest BCUT2D eigenvalue weighted by atomic mass is 10.7. The fourth-order valence-electron chi connectivity index (χ4n) is 0.119. The van der Waals surface area contributed by atoms with Gasteiger partial charge in [-0.25, -0.2) is 0 Å². The van der Waals surface area contributed by atoms with Gasteiger partial charge < -0.3 is 4.89 Å². The lowest BCUT2D eigenvalue weighted by Gasteiger charge is -1.90. The third-order valence-electron chi connectivity index (χ3n) is 0.309. The first-order chi connectivity index (χ1) is 3.31. The van der Waals surface area contributed by atoms with Crippen LogP contribution in [0.5, 0.6) is 0 Å². The van der Waals surface area contributed by atoms with Crippen LogP contribution in [0.1, 0.15) is 0 Å². The number of nitriles is 1. The number of allylic oxidation sites excluding steroid dienone is 1. The molecule has 3 nitrogen and oxygen atoms in total. The molecule has 0 spiro atoms. The van der Waals surface area contributed by atoms with Gasteiger partial charge in [0.05, 0.1) is 7.11 Å². The van der Waals surface area contributed by atoms with Crippen molar-refractivity contribution in [1.82, 2.24) is 0 Å². The first-order valence-corrected chi connectivity index (χ1v) is 1.61. The molecule has 0 bridgehead atoms. The summed E-state index contributed by atoms with van der Waals surface area (Å²) >= 11 is 0. The fraction of sp³-hybridized carbons (Fsp3) is 0.250. The Balaban J connectivity index is 3.24. The summed E-state index contributed by atoms with van der Waals surface area (Å²) in [6.07, 6.45) is 0. The van der Waals surface area contributed by atoms with E-state index in [1.165, 1.54) is 7.11 Å². The van der Waals surface area contributed by atoms with Crippen LogP contribution < -0.4 is 0 Å². The second kappa shape index (κ2) is 3.19. The predicted molar refractivity (Wildman–Crippen MR) is 22.8 cm³/mol. The highest BCUT2D eigenvalue weighted by molar-refractivity contribution is 5.05. The zero-order valence-corrected chi connectivity index (χ0v) is 3.97. The Labute approximate surface area is 41.7 Å². The van der Waals surface area contributed by atoms with Crippen molar-refractivity contribution in [2.24, 2.45) is 0 Å². The first-order valence-electron chi connectivity index (χ1n) is 1.61. The van der Waals surface area contributed by atoms with Crippen molar-refractivity contribution in [3.63, 3.8) is 0 Å². The van der Waals surface area contributed by atoms with Gasteiger partial charge in [-0.1, -0.05) is 0 Å². The summed E-state index contributed by atoms with van der Waals surface area (Å²) < 4.78 is 0.